The van der Waals surface area contributed by atoms with Crippen LogP contribution < -0.4 is 10.3 Å². The van der Waals surface area contributed by atoms with E-state index in [4.69, 9.17) is 4.74 Å². The van der Waals surface area contributed by atoms with Crippen LogP contribution in [0.5, 0.6) is 5.88 Å². The molecule has 0 spiro atoms. The highest BCUT2D eigenvalue weighted by atomic mass is 19.2. The minimum atomic E-state index is 0.320. The Morgan fingerprint density at radius 3 is 2.80 bits per heavy atom. The molecule has 0 aliphatic heterocycles. The number of nitrogens with one attached hydrogen (secondary N) is 1. The Balaban J connectivity index is 2.80. The number of hydrogen-bond acceptors (Lipinski definition) is 3. The van der Waals surface area contributed by atoms with Crippen molar-refractivity contribution in [3.8, 4) is 5.88 Å². The SMILES string of the molecule is COc1ccc(NF)cn1. The Bertz CT molecular complexity index is 176. The first-order chi connectivity index (χ1) is 4.86. The monoisotopic (exact) mass is 142 g/mol. The Kier molecular flexibility index (Phi) is 2.04. The van der Waals surface area contributed by atoms with Crippen LogP contribution in [0, 0.1) is 0 Å². The van der Waals surface area contributed by atoms with Crippen LogP contribution in [0.4, 0.5) is 10.2 Å². The number of halogens is 1. The van der Waals surface area contributed by atoms with E-state index in [1.807, 2.05) is 0 Å². The van der Waals surface area contributed by atoms with Crippen molar-refractivity contribution in [1.29, 1.82) is 0 Å². The molecule has 0 aromatic carbocycles. The van der Waals surface area contributed by atoms with Crippen molar-refractivity contribution in [2.75, 3.05) is 12.6 Å². The molecule has 0 unspecified atom stereocenters. The van der Waals surface area contributed by atoms with Gasteiger partial charge < -0.3 is 4.74 Å². The maximum absolute atomic E-state index is 11.6. The average molecular weight is 142 g/mol. The van der Waals surface area contributed by atoms with Gasteiger partial charge in [-0.15, -0.1) is 4.48 Å². The van der Waals surface area contributed by atoms with Gasteiger partial charge in [-0.05, 0) is 6.07 Å². The van der Waals surface area contributed by atoms with Gasteiger partial charge in [-0.1, -0.05) is 0 Å². The second-order valence-electron chi connectivity index (χ2n) is 1.68. The van der Waals surface area contributed by atoms with Crippen LogP contribution in [0.2, 0.25) is 0 Å². The molecule has 1 rings (SSSR count). The molecule has 54 valence electrons. The minimum absolute atomic E-state index is 0.320. The first-order valence-electron chi connectivity index (χ1n) is 2.73. The van der Waals surface area contributed by atoms with E-state index in [2.05, 4.69) is 4.98 Å². The van der Waals surface area contributed by atoms with Crippen LogP contribution in [0.25, 0.3) is 0 Å². The van der Waals surface area contributed by atoms with Crippen LogP contribution >= 0.6 is 0 Å². The maximum atomic E-state index is 11.6. The molecule has 0 fully saturated rings. The fourth-order valence-corrected chi connectivity index (χ4v) is 0.557. The highest BCUT2D eigenvalue weighted by Gasteiger charge is 1.91. The summed E-state index contributed by atoms with van der Waals surface area (Å²) in [5.74, 6) is 0.471. The molecule has 0 aliphatic carbocycles. The largest absolute Gasteiger partial charge is 0.481 e. The fraction of sp³-hybridized carbons (Fsp3) is 0.167. The first kappa shape index (κ1) is 6.80. The summed E-state index contributed by atoms with van der Waals surface area (Å²) in [6.45, 7) is 0. The number of hydrogen-bond donors (Lipinski definition) is 1. The van der Waals surface area contributed by atoms with Gasteiger partial charge in [0.15, 0.2) is 0 Å². The van der Waals surface area contributed by atoms with Crippen molar-refractivity contribution in [2.45, 2.75) is 0 Å². The van der Waals surface area contributed by atoms with Crippen molar-refractivity contribution >= 4 is 5.69 Å². The van der Waals surface area contributed by atoms with Crippen molar-refractivity contribution in [3.63, 3.8) is 0 Å². The summed E-state index contributed by atoms with van der Waals surface area (Å²) in [5, 5.41) is 0. The summed E-state index contributed by atoms with van der Waals surface area (Å²) in [6, 6.07) is 3.10. The third-order valence-corrected chi connectivity index (χ3v) is 1.05. The average Bonchev–Trinajstić information content (AvgIpc) is 2.05. The number of pyridine rings is 1. The van der Waals surface area contributed by atoms with E-state index in [0.717, 1.165) is 0 Å². The number of anilines is 1. The zero-order chi connectivity index (χ0) is 7.40. The quantitative estimate of drug-likeness (QED) is 0.633. The highest BCUT2D eigenvalue weighted by Crippen LogP contribution is 2.10. The van der Waals surface area contributed by atoms with Crippen molar-refractivity contribution < 1.29 is 9.22 Å². The van der Waals surface area contributed by atoms with E-state index in [1.54, 1.807) is 6.07 Å². The maximum Gasteiger partial charge on any atom is 0.213 e. The van der Waals surface area contributed by atoms with Gasteiger partial charge >= 0.3 is 0 Å². The first-order valence-corrected chi connectivity index (χ1v) is 2.73. The lowest BCUT2D eigenvalue weighted by molar-refractivity contribution is 0.398. The molecule has 1 heterocycles. The Morgan fingerprint density at radius 2 is 2.40 bits per heavy atom. The molecule has 4 heteroatoms. The summed E-state index contributed by atoms with van der Waals surface area (Å²) < 4.78 is 16.4. The molecule has 0 aliphatic rings. The van der Waals surface area contributed by atoms with E-state index in [1.165, 1.54) is 24.9 Å². The minimum Gasteiger partial charge on any atom is -0.481 e. The summed E-state index contributed by atoms with van der Waals surface area (Å²) in [6.07, 6.45) is 1.35. The van der Waals surface area contributed by atoms with E-state index in [-0.39, 0.29) is 0 Å². The van der Waals surface area contributed by atoms with Crippen molar-refractivity contribution in [1.82, 2.24) is 4.98 Å². The molecule has 0 amide bonds. The molecule has 0 radical (unpaired) electrons. The van der Waals surface area contributed by atoms with Gasteiger partial charge in [-0.2, -0.15) is 0 Å². The van der Waals surface area contributed by atoms with Gasteiger partial charge in [-0.25, -0.2) is 10.5 Å². The molecule has 0 saturated heterocycles. The molecule has 1 aromatic heterocycles. The molecule has 10 heavy (non-hydrogen) atoms. The van der Waals surface area contributed by atoms with Crippen LogP contribution in [-0.4, -0.2) is 12.1 Å². The summed E-state index contributed by atoms with van der Waals surface area (Å²) in [7, 11) is 1.50. The van der Waals surface area contributed by atoms with E-state index >= 15 is 0 Å². The molecular weight excluding hydrogens is 135 g/mol. The number of rotatable bonds is 2. The topological polar surface area (TPSA) is 34.1 Å². The standard InChI is InChI=1S/C6H7FN2O/c1-10-6-3-2-5(9-7)4-8-6/h2-4,9H,1H3. The van der Waals surface area contributed by atoms with Crippen LogP contribution in [0.15, 0.2) is 18.3 Å². The molecule has 3 nitrogen and oxygen atoms in total. The predicted molar refractivity (Wildman–Crippen MR) is 35.5 cm³/mol. The van der Waals surface area contributed by atoms with Gasteiger partial charge in [0.1, 0.15) is 0 Å². The van der Waals surface area contributed by atoms with Crippen LogP contribution in [-0.2, 0) is 0 Å². The Morgan fingerprint density at radius 1 is 1.60 bits per heavy atom. The summed E-state index contributed by atoms with van der Waals surface area (Å²) in [4.78, 5) is 3.74. The second-order valence-corrected chi connectivity index (χ2v) is 1.68. The third-order valence-electron chi connectivity index (χ3n) is 1.05. The lowest BCUT2D eigenvalue weighted by Gasteiger charge is -1.97. The van der Waals surface area contributed by atoms with Gasteiger partial charge in [0.25, 0.3) is 0 Å². The predicted octanol–water partition coefficient (Wildman–Crippen LogP) is 1.39. The van der Waals surface area contributed by atoms with Crippen molar-refractivity contribution in [3.05, 3.63) is 18.3 Å². The number of methoxy groups -OCH3 is 1. The molecule has 1 aromatic rings. The molecule has 0 atom stereocenters. The molecular formula is C6H7FN2O. The lowest BCUT2D eigenvalue weighted by Crippen LogP contribution is -1.87. The van der Waals surface area contributed by atoms with E-state index < -0.39 is 0 Å². The van der Waals surface area contributed by atoms with Gasteiger partial charge in [0.2, 0.25) is 5.88 Å². The Labute approximate surface area is 57.8 Å². The lowest BCUT2D eigenvalue weighted by atomic mass is 10.4. The highest BCUT2D eigenvalue weighted by molar-refractivity contribution is 5.39. The van der Waals surface area contributed by atoms with E-state index in [9.17, 15) is 4.48 Å². The van der Waals surface area contributed by atoms with E-state index in [0.29, 0.717) is 11.6 Å². The second kappa shape index (κ2) is 3.00. The zero-order valence-corrected chi connectivity index (χ0v) is 5.47. The number of nitrogens with zero attached hydrogens (tertiary/aromatic N) is 1. The molecule has 0 saturated carbocycles. The smallest absolute Gasteiger partial charge is 0.213 e. The van der Waals surface area contributed by atoms with Gasteiger partial charge in [0, 0.05) is 6.07 Å². The van der Waals surface area contributed by atoms with Gasteiger partial charge in [0.05, 0.1) is 19.0 Å². The number of aromatic nitrogens is 1. The molecule has 0 bridgehead atoms. The summed E-state index contributed by atoms with van der Waals surface area (Å²) in [5.41, 5.74) is 1.78. The summed E-state index contributed by atoms with van der Waals surface area (Å²) >= 11 is 0. The normalized spacial score (nSPS) is 9.00. The van der Waals surface area contributed by atoms with Gasteiger partial charge in [-0.3, -0.25) is 0 Å². The molecule has 1 N–H and O–H groups in total. The third kappa shape index (κ3) is 1.34. The number of ether oxygens (including phenoxy) is 1. The van der Waals surface area contributed by atoms with Crippen LogP contribution in [0.3, 0.4) is 0 Å². The van der Waals surface area contributed by atoms with Crippen molar-refractivity contribution in [2.24, 2.45) is 0 Å². The zero-order valence-electron chi connectivity index (χ0n) is 5.47. The van der Waals surface area contributed by atoms with Crippen LogP contribution in [0.1, 0.15) is 0 Å². The fourth-order valence-electron chi connectivity index (χ4n) is 0.557. The Hall–Kier alpha value is -1.32.